The average molecular weight is 637 g/mol. The summed E-state index contributed by atoms with van der Waals surface area (Å²) in [7, 11) is 0. The van der Waals surface area contributed by atoms with E-state index in [1.807, 2.05) is 0 Å². The van der Waals surface area contributed by atoms with E-state index in [-0.39, 0.29) is 0 Å². The van der Waals surface area contributed by atoms with Crippen molar-refractivity contribution in [3.05, 3.63) is 170 Å². The zero-order valence-electron chi connectivity index (χ0n) is 27.0. The minimum Gasteiger partial charge on any atom is -0.309 e. The Kier molecular flexibility index (Phi) is 5.63. The maximum absolute atomic E-state index is 5.44. The van der Waals surface area contributed by atoms with Gasteiger partial charge in [0.05, 0.1) is 39.0 Å². The molecule has 8 aromatic carbocycles. The van der Waals surface area contributed by atoms with E-state index in [1.54, 1.807) is 0 Å². The molecule has 4 heteroatoms. The molecule has 3 aromatic heterocycles. The molecule has 0 amide bonds. The molecule has 0 atom stereocenters. The molecule has 0 radical (unpaired) electrons. The number of fused-ring (bicyclic) bond motifs is 10. The van der Waals surface area contributed by atoms with Crippen molar-refractivity contribution in [3.8, 4) is 22.9 Å². The van der Waals surface area contributed by atoms with Crippen LogP contribution < -0.4 is 0 Å². The van der Waals surface area contributed by atoms with Gasteiger partial charge in [-0.05, 0) is 52.6 Å². The molecule has 0 saturated carbocycles. The summed E-state index contributed by atoms with van der Waals surface area (Å²) < 4.78 is 4.69. The predicted molar refractivity (Wildman–Crippen MR) is 209 cm³/mol. The van der Waals surface area contributed by atoms with Crippen molar-refractivity contribution < 1.29 is 0 Å². The van der Waals surface area contributed by atoms with Gasteiger partial charge in [0.15, 0.2) is 0 Å². The van der Waals surface area contributed by atoms with Crippen molar-refractivity contribution in [1.82, 2.24) is 19.1 Å². The molecular weight excluding hydrogens is 609 g/mol. The fraction of sp³-hybridized carbons (Fsp3) is 0. The Hall–Kier alpha value is -6.78. The van der Waals surface area contributed by atoms with E-state index in [0.717, 1.165) is 33.2 Å². The second kappa shape index (κ2) is 10.4. The van der Waals surface area contributed by atoms with Gasteiger partial charge in [-0.3, -0.25) is 4.57 Å². The Bertz CT molecular complexity index is 3150. The number of para-hydroxylation sites is 3. The second-order valence-corrected chi connectivity index (χ2v) is 13.0. The van der Waals surface area contributed by atoms with Crippen LogP contribution in [0.5, 0.6) is 0 Å². The Morgan fingerprint density at radius 1 is 0.340 bits per heavy atom. The lowest BCUT2D eigenvalue weighted by atomic mass is 9.99. The molecular formula is C46H28N4. The lowest BCUT2D eigenvalue weighted by Gasteiger charge is -2.13. The largest absolute Gasteiger partial charge is 0.309 e. The summed E-state index contributed by atoms with van der Waals surface area (Å²) in [6.07, 6.45) is 0. The van der Waals surface area contributed by atoms with Gasteiger partial charge in [-0.15, -0.1) is 0 Å². The van der Waals surface area contributed by atoms with Gasteiger partial charge in [-0.2, -0.15) is 0 Å². The molecule has 11 rings (SSSR count). The minimum atomic E-state index is 0.662. The van der Waals surface area contributed by atoms with Crippen LogP contribution in [0.2, 0.25) is 0 Å². The molecule has 0 spiro atoms. The summed E-state index contributed by atoms with van der Waals surface area (Å²) in [6.45, 7) is 0. The van der Waals surface area contributed by atoms with E-state index < -0.39 is 0 Å². The van der Waals surface area contributed by atoms with E-state index in [9.17, 15) is 0 Å². The summed E-state index contributed by atoms with van der Waals surface area (Å²) in [4.78, 5) is 10.7. The molecule has 0 fully saturated rings. The Balaban J connectivity index is 1.27. The quantitative estimate of drug-likeness (QED) is 0.193. The first kappa shape index (κ1) is 27.2. The zero-order valence-corrected chi connectivity index (χ0v) is 27.0. The van der Waals surface area contributed by atoms with Gasteiger partial charge in [0.25, 0.3) is 0 Å². The van der Waals surface area contributed by atoms with Crippen LogP contribution >= 0.6 is 0 Å². The van der Waals surface area contributed by atoms with Gasteiger partial charge in [0, 0.05) is 37.9 Å². The number of hydrogen-bond acceptors (Lipinski definition) is 2. The highest BCUT2D eigenvalue weighted by Crippen LogP contribution is 2.43. The number of rotatable bonds is 3. The first-order chi connectivity index (χ1) is 24.8. The van der Waals surface area contributed by atoms with E-state index in [1.165, 1.54) is 59.8 Å². The molecule has 0 bridgehead atoms. The van der Waals surface area contributed by atoms with Gasteiger partial charge in [0.2, 0.25) is 5.95 Å². The lowest BCUT2D eigenvalue weighted by molar-refractivity contribution is 1.01. The molecule has 0 saturated heterocycles. The SMILES string of the molecule is c1ccc2c(-c3nc(-n4c5ccccc5c5c6c7ccccc7n(-c7cccc8ccccc78)c6ccc54)nc4ccccc34)cccc2c1. The van der Waals surface area contributed by atoms with E-state index >= 15 is 0 Å². The topological polar surface area (TPSA) is 35.6 Å². The summed E-state index contributed by atoms with van der Waals surface area (Å²) >= 11 is 0. The van der Waals surface area contributed by atoms with Crippen LogP contribution in [0, 0.1) is 0 Å². The highest BCUT2D eigenvalue weighted by atomic mass is 15.2. The van der Waals surface area contributed by atoms with Crippen LogP contribution in [0.25, 0.3) is 99.0 Å². The highest BCUT2D eigenvalue weighted by molar-refractivity contribution is 6.29. The summed E-state index contributed by atoms with van der Waals surface area (Å²) in [5, 5.41) is 10.7. The third kappa shape index (κ3) is 3.76. The monoisotopic (exact) mass is 636 g/mol. The van der Waals surface area contributed by atoms with E-state index in [4.69, 9.17) is 9.97 Å². The van der Waals surface area contributed by atoms with Crippen LogP contribution in [-0.4, -0.2) is 19.1 Å². The third-order valence-corrected chi connectivity index (χ3v) is 10.3. The average Bonchev–Trinajstić information content (AvgIpc) is 3.70. The van der Waals surface area contributed by atoms with E-state index in [2.05, 4.69) is 179 Å². The summed E-state index contributed by atoms with van der Waals surface area (Å²) in [5.41, 5.74) is 8.65. The van der Waals surface area contributed by atoms with Crippen LogP contribution in [0.3, 0.4) is 0 Å². The van der Waals surface area contributed by atoms with Crippen molar-refractivity contribution in [3.63, 3.8) is 0 Å². The maximum Gasteiger partial charge on any atom is 0.235 e. The van der Waals surface area contributed by atoms with Crippen LogP contribution in [0.1, 0.15) is 0 Å². The lowest BCUT2D eigenvalue weighted by Crippen LogP contribution is -2.03. The second-order valence-electron chi connectivity index (χ2n) is 13.0. The maximum atomic E-state index is 5.44. The molecule has 0 aliphatic carbocycles. The third-order valence-electron chi connectivity index (χ3n) is 10.3. The fourth-order valence-corrected chi connectivity index (χ4v) is 8.20. The molecule has 11 aromatic rings. The van der Waals surface area contributed by atoms with Gasteiger partial charge in [0.1, 0.15) is 0 Å². The number of nitrogens with zero attached hydrogens (tertiary/aromatic N) is 4. The smallest absolute Gasteiger partial charge is 0.235 e. The highest BCUT2D eigenvalue weighted by Gasteiger charge is 2.23. The number of benzene rings is 8. The number of aromatic nitrogens is 4. The molecule has 0 aliphatic rings. The molecule has 0 unspecified atom stereocenters. The zero-order chi connectivity index (χ0) is 32.8. The van der Waals surface area contributed by atoms with Crippen molar-refractivity contribution >= 4 is 76.1 Å². The fourth-order valence-electron chi connectivity index (χ4n) is 8.20. The molecule has 3 heterocycles. The van der Waals surface area contributed by atoms with Crippen LogP contribution in [-0.2, 0) is 0 Å². The first-order valence-electron chi connectivity index (χ1n) is 17.0. The van der Waals surface area contributed by atoms with Gasteiger partial charge in [-0.25, -0.2) is 9.97 Å². The van der Waals surface area contributed by atoms with Gasteiger partial charge >= 0.3 is 0 Å². The van der Waals surface area contributed by atoms with Crippen LogP contribution in [0.4, 0.5) is 0 Å². The molecule has 0 aliphatic heterocycles. The molecule has 232 valence electrons. The standard InChI is InChI=1S/C46H28N4/c1-3-17-31-29(13-1)15-11-22-33(31)45-34-19-5-8-23-37(34)47-46(48-45)50-40-25-10-7-21-36(40)44-42(50)28-27-41-43(44)35-20-6-9-24-39(35)49(41)38-26-12-16-30-14-2-4-18-32(30)38/h1-28H. The minimum absolute atomic E-state index is 0.662. The molecule has 0 N–H and O–H groups in total. The first-order valence-corrected chi connectivity index (χ1v) is 17.0. The molecule has 4 nitrogen and oxygen atoms in total. The summed E-state index contributed by atoms with van der Waals surface area (Å²) in [5.74, 6) is 0.662. The predicted octanol–water partition coefficient (Wildman–Crippen LogP) is 11.8. The number of hydrogen-bond donors (Lipinski definition) is 0. The summed E-state index contributed by atoms with van der Waals surface area (Å²) in [6, 6.07) is 60.6. The van der Waals surface area contributed by atoms with Crippen molar-refractivity contribution in [1.29, 1.82) is 0 Å². The normalized spacial score (nSPS) is 12.0. The Morgan fingerprint density at radius 2 is 0.860 bits per heavy atom. The Morgan fingerprint density at radius 3 is 1.60 bits per heavy atom. The van der Waals surface area contributed by atoms with Gasteiger partial charge < -0.3 is 4.57 Å². The Labute approximate surface area is 287 Å². The van der Waals surface area contributed by atoms with E-state index in [0.29, 0.717) is 5.95 Å². The van der Waals surface area contributed by atoms with Crippen LogP contribution in [0.15, 0.2) is 170 Å². The van der Waals surface area contributed by atoms with Gasteiger partial charge in [-0.1, -0.05) is 133 Å². The van der Waals surface area contributed by atoms with Crippen molar-refractivity contribution in [2.24, 2.45) is 0 Å². The van der Waals surface area contributed by atoms with Crippen molar-refractivity contribution in [2.75, 3.05) is 0 Å². The van der Waals surface area contributed by atoms with Crippen molar-refractivity contribution in [2.45, 2.75) is 0 Å². The molecule has 50 heavy (non-hydrogen) atoms.